The molecule has 1 aliphatic rings. The van der Waals surface area contributed by atoms with Crippen molar-refractivity contribution in [3.63, 3.8) is 0 Å². The van der Waals surface area contributed by atoms with Gasteiger partial charge in [0.2, 0.25) is 5.91 Å². The number of aromatic amines is 1. The number of anilines is 2. The van der Waals surface area contributed by atoms with E-state index in [1.807, 2.05) is 11.4 Å². The zero-order valence-electron chi connectivity index (χ0n) is 11.7. The van der Waals surface area contributed by atoms with Gasteiger partial charge in [-0.1, -0.05) is 0 Å². The number of hydrogen-bond donors (Lipinski definition) is 2. The molecule has 0 aromatic carbocycles. The second kappa shape index (κ2) is 5.38. The topological polar surface area (TPSA) is 86.8 Å². The monoisotopic (exact) mass is 314 g/mol. The Balaban J connectivity index is 1.63. The molecule has 3 aromatic rings. The van der Waals surface area contributed by atoms with Crippen molar-refractivity contribution in [2.24, 2.45) is 0 Å². The minimum absolute atomic E-state index is 0.0270. The molecule has 1 amide bonds. The van der Waals surface area contributed by atoms with E-state index in [-0.39, 0.29) is 11.9 Å². The molecule has 112 valence electrons. The number of carbonyl (C=O) groups excluding carboxylic acids is 1. The molecule has 1 aliphatic heterocycles. The van der Waals surface area contributed by atoms with E-state index in [0.29, 0.717) is 5.69 Å². The van der Waals surface area contributed by atoms with E-state index in [2.05, 4.69) is 30.4 Å². The number of carbonyl (C=O) groups is 1. The van der Waals surface area contributed by atoms with Crippen LogP contribution in [0.4, 0.5) is 11.5 Å². The fourth-order valence-corrected chi connectivity index (χ4v) is 3.57. The molecule has 22 heavy (non-hydrogen) atoms. The van der Waals surface area contributed by atoms with Crippen LogP contribution in [0.1, 0.15) is 12.8 Å². The van der Waals surface area contributed by atoms with Crippen LogP contribution in [-0.4, -0.2) is 38.7 Å². The zero-order valence-corrected chi connectivity index (χ0v) is 12.5. The van der Waals surface area contributed by atoms with Crippen LogP contribution >= 0.6 is 11.3 Å². The molecular formula is C14H14N6OS. The van der Waals surface area contributed by atoms with Crippen molar-refractivity contribution in [3.05, 3.63) is 30.2 Å². The number of nitrogens with one attached hydrogen (secondary N) is 2. The van der Waals surface area contributed by atoms with Gasteiger partial charge in [0.1, 0.15) is 23.0 Å². The lowest BCUT2D eigenvalue weighted by Gasteiger charge is -2.25. The van der Waals surface area contributed by atoms with Gasteiger partial charge in [-0.3, -0.25) is 9.89 Å². The summed E-state index contributed by atoms with van der Waals surface area (Å²) in [6, 6.07) is 1.80. The molecule has 3 aromatic heterocycles. The average Bonchev–Trinajstić information content (AvgIpc) is 3.27. The first-order chi connectivity index (χ1) is 10.8. The van der Waals surface area contributed by atoms with Crippen molar-refractivity contribution >= 4 is 39.0 Å². The highest BCUT2D eigenvalue weighted by Gasteiger charge is 2.32. The molecule has 7 nitrogen and oxygen atoms in total. The fraction of sp³-hybridized carbons (Fsp3) is 0.286. The van der Waals surface area contributed by atoms with Crippen molar-refractivity contribution in [2.45, 2.75) is 18.9 Å². The van der Waals surface area contributed by atoms with Crippen molar-refractivity contribution in [1.82, 2.24) is 20.2 Å². The summed E-state index contributed by atoms with van der Waals surface area (Å²) in [5.41, 5.74) is 0.681. The second-order valence-electron chi connectivity index (χ2n) is 5.16. The van der Waals surface area contributed by atoms with Gasteiger partial charge in [0, 0.05) is 12.7 Å². The maximum absolute atomic E-state index is 12.5. The van der Waals surface area contributed by atoms with Gasteiger partial charge in [-0.2, -0.15) is 5.10 Å². The Kier molecular flexibility index (Phi) is 3.23. The number of fused-ring (bicyclic) bond motifs is 1. The van der Waals surface area contributed by atoms with Gasteiger partial charge in [0.15, 0.2) is 0 Å². The Morgan fingerprint density at radius 1 is 1.45 bits per heavy atom. The largest absolute Gasteiger partial charge is 0.344 e. The molecule has 2 N–H and O–H groups in total. The summed E-state index contributed by atoms with van der Waals surface area (Å²) in [5.74, 6) is 0.817. The molecule has 0 saturated carbocycles. The summed E-state index contributed by atoms with van der Waals surface area (Å²) < 4.78 is 0. The Hall–Kier alpha value is -2.48. The first-order valence-corrected chi connectivity index (χ1v) is 7.95. The molecule has 0 aliphatic carbocycles. The predicted octanol–water partition coefficient (Wildman–Crippen LogP) is 2.02. The third-order valence-corrected chi connectivity index (χ3v) is 4.65. The number of amides is 1. The summed E-state index contributed by atoms with van der Waals surface area (Å²) in [5, 5.41) is 12.4. The van der Waals surface area contributed by atoms with Gasteiger partial charge < -0.3 is 10.2 Å². The Morgan fingerprint density at radius 3 is 3.27 bits per heavy atom. The molecule has 4 rings (SSSR count). The number of thiophene rings is 1. The summed E-state index contributed by atoms with van der Waals surface area (Å²) in [6.45, 7) is 0.825. The van der Waals surface area contributed by atoms with Crippen molar-refractivity contribution in [1.29, 1.82) is 0 Å². The van der Waals surface area contributed by atoms with Gasteiger partial charge >= 0.3 is 0 Å². The smallest absolute Gasteiger partial charge is 0.247 e. The minimum Gasteiger partial charge on any atom is -0.344 e. The van der Waals surface area contributed by atoms with Gasteiger partial charge in [0.25, 0.3) is 0 Å². The highest BCUT2D eigenvalue weighted by Crippen LogP contribution is 2.32. The third kappa shape index (κ3) is 2.21. The lowest BCUT2D eigenvalue weighted by molar-refractivity contribution is -0.117. The maximum Gasteiger partial charge on any atom is 0.247 e. The zero-order chi connectivity index (χ0) is 14.9. The first-order valence-electron chi connectivity index (χ1n) is 7.07. The van der Waals surface area contributed by atoms with E-state index in [0.717, 1.165) is 35.4 Å². The average molecular weight is 314 g/mol. The maximum atomic E-state index is 12.5. The number of H-pyrrole nitrogens is 1. The number of aromatic nitrogens is 4. The second-order valence-corrected chi connectivity index (χ2v) is 6.06. The molecule has 0 bridgehead atoms. The third-order valence-electron chi connectivity index (χ3n) is 3.83. The standard InChI is InChI=1S/C14H14N6OS/c21-13(19-9-6-17-18-7-9)11-2-1-4-20(11)12-10-3-5-22-14(10)16-8-15-12/h3,5-8,11H,1-2,4H2,(H,17,18)(H,19,21)/t11-/m0/s1. The van der Waals surface area contributed by atoms with Crippen molar-refractivity contribution < 1.29 is 4.79 Å². The van der Waals surface area contributed by atoms with Crippen LogP contribution in [0.15, 0.2) is 30.2 Å². The van der Waals surface area contributed by atoms with Crippen LogP contribution in [0.5, 0.6) is 0 Å². The number of nitrogens with zero attached hydrogens (tertiary/aromatic N) is 4. The van der Waals surface area contributed by atoms with Crippen LogP contribution in [0, 0.1) is 0 Å². The SMILES string of the molecule is O=C(Nc1cn[nH]c1)[C@@H]1CCCN1c1ncnc2sccc12. The molecule has 0 radical (unpaired) electrons. The summed E-state index contributed by atoms with van der Waals surface area (Å²) in [7, 11) is 0. The molecule has 0 unspecified atom stereocenters. The van der Waals surface area contributed by atoms with E-state index >= 15 is 0 Å². The van der Waals surface area contributed by atoms with E-state index in [4.69, 9.17) is 0 Å². The molecule has 8 heteroatoms. The predicted molar refractivity (Wildman–Crippen MR) is 85.0 cm³/mol. The number of rotatable bonds is 3. The summed E-state index contributed by atoms with van der Waals surface area (Å²) in [4.78, 5) is 24.2. The Morgan fingerprint density at radius 2 is 2.41 bits per heavy atom. The van der Waals surface area contributed by atoms with Crippen molar-refractivity contribution in [3.8, 4) is 0 Å². The molecule has 1 fully saturated rings. The van der Waals surface area contributed by atoms with E-state index in [1.54, 1.807) is 30.1 Å². The van der Waals surface area contributed by atoms with Crippen LogP contribution in [0.2, 0.25) is 0 Å². The lowest BCUT2D eigenvalue weighted by atomic mass is 10.2. The van der Waals surface area contributed by atoms with E-state index < -0.39 is 0 Å². The van der Waals surface area contributed by atoms with Gasteiger partial charge in [-0.25, -0.2) is 9.97 Å². The van der Waals surface area contributed by atoms with Gasteiger partial charge in [-0.15, -0.1) is 11.3 Å². The van der Waals surface area contributed by atoms with E-state index in [1.165, 1.54) is 0 Å². The normalized spacial score (nSPS) is 18.0. The van der Waals surface area contributed by atoms with Crippen LogP contribution in [0.3, 0.4) is 0 Å². The Labute approximate surface area is 130 Å². The Bertz CT molecular complexity index is 799. The number of hydrogen-bond acceptors (Lipinski definition) is 6. The molecule has 1 atom stereocenters. The molecular weight excluding hydrogens is 300 g/mol. The fourth-order valence-electron chi connectivity index (χ4n) is 2.84. The highest BCUT2D eigenvalue weighted by molar-refractivity contribution is 7.16. The van der Waals surface area contributed by atoms with Crippen LogP contribution < -0.4 is 10.2 Å². The minimum atomic E-state index is -0.215. The molecule has 0 spiro atoms. The van der Waals surface area contributed by atoms with Gasteiger partial charge in [0.05, 0.1) is 17.3 Å². The lowest BCUT2D eigenvalue weighted by Crippen LogP contribution is -2.40. The molecule has 4 heterocycles. The van der Waals surface area contributed by atoms with Crippen LogP contribution in [0.25, 0.3) is 10.2 Å². The van der Waals surface area contributed by atoms with Crippen LogP contribution in [-0.2, 0) is 4.79 Å². The quantitative estimate of drug-likeness (QED) is 0.772. The van der Waals surface area contributed by atoms with E-state index in [9.17, 15) is 4.79 Å². The van der Waals surface area contributed by atoms with Crippen molar-refractivity contribution in [2.75, 3.05) is 16.8 Å². The summed E-state index contributed by atoms with van der Waals surface area (Å²) in [6.07, 6.45) is 6.62. The summed E-state index contributed by atoms with van der Waals surface area (Å²) >= 11 is 1.58. The first kappa shape index (κ1) is 13.2. The highest BCUT2D eigenvalue weighted by atomic mass is 32.1. The van der Waals surface area contributed by atoms with Gasteiger partial charge in [-0.05, 0) is 24.3 Å². The molecule has 1 saturated heterocycles.